The fraction of sp³-hybridized carbons (Fsp3) is 0.571. The molecule has 2 fully saturated rings. The van der Waals surface area contributed by atoms with Gasteiger partial charge in [-0.25, -0.2) is 22.0 Å². The molecule has 0 aromatic heterocycles. The molecule has 0 spiro atoms. The van der Waals surface area contributed by atoms with Gasteiger partial charge in [-0.05, 0) is 18.1 Å². The summed E-state index contributed by atoms with van der Waals surface area (Å²) in [6, 6.07) is 0. The first-order valence-electron chi connectivity index (χ1n) is 12.8. The van der Waals surface area contributed by atoms with E-state index in [1.807, 2.05) is 0 Å². The molecule has 5 rings (SSSR count). The van der Waals surface area contributed by atoms with E-state index < -0.39 is 111 Å². The van der Waals surface area contributed by atoms with Crippen molar-refractivity contribution in [1.82, 2.24) is 0 Å². The molecule has 40 heavy (non-hydrogen) atoms. The number of fused-ring (bicyclic) bond motifs is 5. The standard InChI is InChI=1S/C28H29F5O7/c1-10-5-15-26(37,23(10)36)8-12(9-34)6-14-22-25(3,4)28(22,39)24(11(2)27(14,15)38)40-16(35)7-13-17(29)19(31)21(33)20(32)18(13)30/h5-6,11,14-15,22,24,34,37-39H,7-9H2,1-4H3/t11-,14+,15-,22+,24-,26-,27-,28-/m1/s1. The molecule has 218 valence electrons. The van der Waals surface area contributed by atoms with Gasteiger partial charge in [0.2, 0.25) is 5.82 Å². The first kappa shape index (κ1) is 28.8. The minimum absolute atomic E-state index is 0.168. The fourth-order valence-electron chi connectivity index (χ4n) is 7.74. The Morgan fingerprint density at radius 3 is 2.10 bits per heavy atom. The molecule has 0 bridgehead atoms. The molecule has 0 aliphatic heterocycles. The maximum Gasteiger partial charge on any atom is 0.310 e. The molecular weight excluding hydrogens is 543 g/mol. The minimum Gasteiger partial charge on any atom is -0.459 e. The lowest BCUT2D eigenvalue weighted by Crippen LogP contribution is -2.65. The van der Waals surface area contributed by atoms with Crippen LogP contribution in [0.1, 0.15) is 39.7 Å². The summed E-state index contributed by atoms with van der Waals surface area (Å²) in [5, 5.41) is 45.8. The second-order valence-corrected chi connectivity index (χ2v) is 12.1. The number of benzene rings is 1. The van der Waals surface area contributed by atoms with Crippen LogP contribution in [0.3, 0.4) is 0 Å². The summed E-state index contributed by atoms with van der Waals surface area (Å²) in [5.74, 6) is -17.6. The molecule has 4 N–H and O–H groups in total. The van der Waals surface area contributed by atoms with E-state index in [4.69, 9.17) is 4.74 Å². The smallest absolute Gasteiger partial charge is 0.310 e. The molecule has 0 heterocycles. The Morgan fingerprint density at radius 1 is 1.00 bits per heavy atom. The Labute approximate surface area is 225 Å². The monoisotopic (exact) mass is 572 g/mol. The normalized spacial score (nSPS) is 39.4. The second-order valence-electron chi connectivity index (χ2n) is 12.1. The van der Waals surface area contributed by atoms with Crippen LogP contribution >= 0.6 is 0 Å². The van der Waals surface area contributed by atoms with Crippen molar-refractivity contribution < 1.29 is 56.7 Å². The van der Waals surface area contributed by atoms with E-state index in [1.54, 1.807) is 13.8 Å². The molecule has 1 aromatic rings. The number of rotatable bonds is 4. The average molecular weight is 573 g/mol. The molecule has 12 heteroatoms. The summed E-state index contributed by atoms with van der Waals surface area (Å²) >= 11 is 0. The van der Waals surface area contributed by atoms with E-state index in [-0.39, 0.29) is 17.6 Å². The molecule has 2 saturated carbocycles. The quantitative estimate of drug-likeness (QED) is 0.144. The summed E-state index contributed by atoms with van der Waals surface area (Å²) in [7, 11) is 0. The molecule has 0 saturated heterocycles. The number of ether oxygens (including phenoxy) is 1. The third-order valence-electron chi connectivity index (χ3n) is 9.89. The van der Waals surface area contributed by atoms with Crippen LogP contribution in [0, 0.1) is 58.2 Å². The van der Waals surface area contributed by atoms with Crippen LogP contribution in [-0.2, 0) is 20.7 Å². The number of ketones is 1. The fourth-order valence-corrected chi connectivity index (χ4v) is 7.74. The Kier molecular flexibility index (Phi) is 6.25. The molecule has 4 aliphatic carbocycles. The minimum atomic E-state index is -2.39. The summed E-state index contributed by atoms with van der Waals surface area (Å²) in [5.41, 5.74) is -8.03. The predicted octanol–water partition coefficient (Wildman–Crippen LogP) is 2.42. The molecule has 8 atom stereocenters. The van der Waals surface area contributed by atoms with Crippen LogP contribution in [0.25, 0.3) is 0 Å². The number of hydrogen-bond donors (Lipinski definition) is 4. The predicted molar refractivity (Wildman–Crippen MR) is 127 cm³/mol. The van der Waals surface area contributed by atoms with Gasteiger partial charge in [0, 0.05) is 41.1 Å². The number of carbonyl (C=O) groups is 2. The number of aliphatic hydroxyl groups is 4. The number of aliphatic hydroxyl groups excluding tert-OH is 1. The van der Waals surface area contributed by atoms with Gasteiger partial charge in [-0.3, -0.25) is 9.59 Å². The Morgan fingerprint density at radius 2 is 1.55 bits per heavy atom. The highest BCUT2D eigenvalue weighted by Gasteiger charge is 2.85. The maximum atomic E-state index is 14.3. The Bertz CT molecular complexity index is 1380. The first-order valence-corrected chi connectivity index (χ1v) is 12.8. The highest BCUT2D eigenvalue weighted by atomic mass is 19.2. The van der Waals surface area contributed by atoms with E-state index in [0.29, 0.717) is 0 Å². The van der Waals surface area contributed by atoms with E-state index in [1.165, 1.54) is 26.0 Å². The number of esters is 1. The van der Waals surface area contributed by atoms with Crippen molar-refractivity contribution >= 4 is 11.8 Å². The van der Waals surface area contributed by atoms with Gasteiger partial charge in [0.25, 0.3) is 0 Å². The first-order chi connectivity index (χ1) is 18.4. The molecule has 0 unspecified atom stereocenters. The highest BCUT2D eigenvalue weighted by molar-refractivity contribution is 6.04. The van der Waals surface area contributed by atoms with Gasteiger partial charge in [-0.1, -0.05) is 32.9 Å². The van der Waals surface area contributed by atoms with Crippen LogP contribution in [-0.4, -0.2) is 61.7 Å². The lowest BCUT2D eigenvalue weighted by molar-refractivity contribution is -0.220. The number of hydrogen-bond acceptors (Lipinski definition) is 7. The van der Waals surface area contributed by atoms with Gasteiger partial charge in [-0.15, -0.1) is 0 Å². The van der Waals surface area contributed by atoms with Gasteiger partial charge in [-0.2, -0.15) is 0 Å². The van der Waals surface area contributed by atoms with E-state index >= 15 is 0 Å². The van der Waals surface area contributed by atoms with Crippen molar-refractivity contribution in [2.24, 2.45) is 29.1 Å². The van der Waals surface area contributed by atoms with Crippen LogP contribution in [0.5, 0.6) is 0 Å². The van der Waals surface area contributed by atoms with Crippen molar-refractivity contribution in [3.05, 3.63) is 57.9 Å². The lowest BCUT2D eigenvalue weighted by Gasteiger charge is -2.52. The highest BCUT2D eigenvalue weighted by Crippen LogP contribution is 2.75. The van der Waals surface area contributed by atoms with Gasteiger partial charge in [0.1, 0.15) is 17.3 Å². The average Bonchev–Trinajstić information content (AvgIpc) is 3.29. The number of Topliss-reactive ketones (excluding diaryl/α,β-unsaturated/α-hetero) is 1. The summed E-state index contributed by atoms with van der Waals surface area (Å²) < 4.78 is 74.8. The van der Waals surface area contributed by atoms with Crippen LogP contribution in [0.4, 0.5) is 22.0 Å². The maximum absolute atomic E-state index is 14.3. The largest absolute Gasteiger partial charge is 0.459 e. The van der Waals surface area contributed by atoms with Crippen molar-refractivity contribution in [3.8, 4) is 0 Å². The molecular formula is C28H29F5O7. The van der Waals surface area contributed by atoms with Gasteiger partial charge in [0.05, 0.1) is 18.6 Å². The van der Waals surface area contributed by atoms with Crippen LogP contribution in [0.15, 0.2) is 23.3 Å². The lowest BCUT2D eigenvalue weighted by atomic mass is 9.59. The van der Waals surface area contributed by atoms with E-state index in [0.717, 1.165) is 0 Å². The van der Waals surface area contributed by atoms with Crippen LogP contribution in [0.2, 0.25) is 0 Å². The van der Waals surface area contributed by atoms with Crippen molar-refractivity contribution in [3.63, 3.8) is 0 Å². The molecule has 4 aliphatic rings. The van der Waals surface area contributed by atoms with Crippen molar-refractivity contribution in [1.29, 1.82) is 0 Å². The van der Waals surface area contributed by atoms with E-state index in [9.17, 15) is 52.0 Å². The third-order valence-corrected chi connectivity index (χ3v) is 9.89. The number of carbonyl (C=O) groups excluding carboxylic acids is 2. The Balaban J connectivity index is 1.57. The second kappa shape index (κ2) is 8.67. The number of halogens is 5. The zero-order valence-corrected chi connectivity index (χ0v) is 22.1. The molecule has 1 aromatic carbocycles. The van der Waals surface area contributed by atoms with E-state index in [2.05, 4.69) is 0 Å². The zero-order chi connectivity index (χ0) is 29.9. The SMILES string of the molecule is CC1=C[C@H]2[C@@]3(O)[C@H](C)[C@@H](OC(=O)Cc4c(F)c(F)c(F)c(F)c4F)[C@]4(O)[C@@H]([C@@H]3C=C(CO)C[C@]2(O)C1=O)C4(C)C. The third kappa shape index (κ3) is 3.36. The van der Waals surface area contributed by atoms with Crippen molar-refractivity contribution in [2.75, 3.05) is 6.61 Å². The van der Waals surface area contributed by atoms with Gasteiger partial charge < -0.3 is 25.2 Å². The summed E-state index contributed by atoms with van der Waals surface area (Å²) in [6.07, 6.45) is -0.283. The molecule has 7 nitrogen and oxygen atoms in total. The van der Waals surface area contributed by atoms with Gasteiger partial charge in [0.15, 0.2) is 29.1 Å². The summed E-state index contributed by atoms with van der Waals surface area (Å²) in [4.78, 5) is 26.0. The molecule has 0 amide bonds. The van der Waals surface area contributed by atoms with Gasteiger partial charge >= 0.3 is 5.97 Å². The van der Waals surface area contributed by atoms with Crippen molar-refractivity contribution in [2.45, 2.75) is 63.4 Å². The zero-order valence-electron chi connectivity index (χ0n) is 22.1. The molecule has 0 radical (unpaired) electrons. The Hall–Kier alpha value is -2.67. The topological polar surface area (TPSA) is 124 Å². The van der Waals surface area contributed by atoms with Crippen LogP contribution < -0.4 is 0 Å². The summed E-state index contributed by atoms with van der Waals surface area (Å²) in [6.45, 7) is 5.60.